The molecule has 86 valence electrons. The largest absolute Gasteiger partial charge is 0.369 e. The summed E-state index contributed by atoms with van der Waals surface area (Å²) < 4.78 is 0. The molecule has 0 saturated heterocycles. The van der Waals surface area contributed by atoms with Gasteiger partial charge < -0.3 is 10.7 Å². The number of aryl methyl sites for hydroxylation is 1. The minimum atomic E-state index is 0.563. The van der Waals surface area contributed by atoms with E-state index < -0.39 is 0 Å². The van der Waals surface area contributed by atoms with Gasteiger partial charge in [-0.25, -0.2) is 0 Å². The molecule has 0 saturated carbocycles. The highest BCUT2D eigenvalue weighted by Gasteiger charge is 2.18. The van der Waals surface area contributed by atoms with Crippen LogP contribution < -0.4 is 10.7 Å². The van der Waals surface area contributed by atoms with Crippen LogP contribution in [0.2, 0.25) is 0 Å². The molecule has 0 unspecified atom stereocenters. The molecular formula is C13H19N3. The van der Waals surface area contributed by atoms with Gasteiger partial charge in [0.05, 0.1) is 6.21 Å². The van der Waals surface area contributed by atoms with E-state index in [-0.39, 0.29) is 0 Å². The first-order chi connectivity index (χ1) is 7.72. The minimum absolute atomic E-state index is 0.563. The van der Waals surface area contributed by atoms with E-state index in [1.807, 2.05) is 0 Å². The topological polar surface area (TPSA) is 41.6 Å². The van der Waals surface area contributed by atoms with E-state index in [4.69, 9.17) is 5.84 Å². The third-order valence-corrected chi connectivity index (χ3v) is 3.11. The van der Waals surface area contributed by atoms with Crippen LogP contribution in [-0.2, 0) is 6.42 Å². The third-order valence-electron chi connectivity index (χ3n) is 3.11. The molecule has 0 spiro atoms. The highest BCUT2D eigenvalue weighted by molar-refractivity contribution is 5.81. The van der Waals surface area contributed by atoms with E-state index >= 15 is 0 Å². The number of hydrazone groups is 1. The van der Waals surface area contributed by atoms with Gasteiger partial charge in [0.15, 0.2) is 0 Å². The molecule has 0 amide bonds. The number of hydrogen-bond donors (Lipinski definition) is 1. The average Bonchev–Trinajstić information content (AvgIpc) is 2.28. The van der Waals surface area contributed by atoms with Crippen molar-refractivity contribution in [2.75, 3.05) is 11.4 Å². The van der Waals surface area contributed by atoms with Crippen LogP contribution >= 0.6 is 0 Å². The van der Waals surface area contributed by atoms with Crippen molar-refractivity contribution in [1.82, 2.24) is 0 Å². The summed E-state index contributed by atoms with van der Waals surface area (Å²) in [6.45, 7) is 5.64. The molecule has 2 rings (SSSR count). The highest BCUT2D eigenvalue weighted by Crippen LogP contribution is 2.29. The van der Waals surface area contributed by atoms with Gasteiger partial charge in [-0.2, -0.15) is 5.10 Å². The van der Waals surface area contributed by atoms with E-state index in [1.54, 1.807) is 6.21 Å². The Hall–Kier alpha value is -1.51. The molecule has 1 aliphatic heterocycles. The first-order valence-electron chi connectivity index (χ1n) is 5.85. The summed E-state index contributed by atoms with van der Waals surface area (Å²) in [5.74, 6) is 5.17. The molecular weight excluding hydrogens is 198 g/mol. The van der Waals surface area contributed by atoms with E-state index in [0.717, 1.165) is 18.5 Å². The van der Waals surface area contributed by atoms with Crippen LogP contribution in [-0.4, -0.2) is 18.8 Å². The molecule has 1 aliphatic rings. The number of rotatable bonds is 2. The highest BCUT2D eigenvalue weighted by atomic mass is 15.2. The van der Waals surface area contributed by atoms with Gasteiger partial charge in [0, 0.05) is 18.3 Å². The number of anilines is 1. The molecule has 0 radical (unpaired) electrons. The zero-order valence-corrected chi connectivity index (χ0v) is 9.98. The molecule has 0 aliphatic carbocycles. The second-order valence-corrected chi connectivity index (χ2v) is 4.56. The monoisotopic (exact) mass is 217 g/mol. The van der Waals surface area contributed by atoms with Gasteiger partial charge in [0.25, 0.3) is 0 Å². The fourth-order valence-corrected chi connectivity index (χ4v) is 2.35. The van der Waals surface area contributed by atoms with Crippen molar-refractivity contribution in [3.63, 3.8) is 0 Å². The van der Waals surface area contributed by atoms with Gasteiger partial charge in [-0.3, -0.25) is 0 Å². The zero-order chi connectivity index (χ0) is 11.5. The summed E-state index contributed by atoms with van der Waals surface area (Å²) in [7, 11) is 0. The summed E-state index contributed by atoms with van der Waals surface area (Å²) in [5, 5.41) is 3.57. The van der Waals surface area contributed by atoms with Crippen LogP contribution in [0.15, 0.2) is 23.3 Å². The van der Waals surface area contributed by atoms with Crippen molar-refractivity contribution in [2.45, 2.75) is 32.7 Å². The smallest absolute Gasteiger partial charge is 0.0538 e. The lowest BCUT2D eigenvalue weighted by molar-refractivity contribution is 0.625. The quantitative estimate of drug-likeness (QED) is 0.468. The Morgan fingerprint density at radius 2 is 2.25 bits per heavy atom. The Kier molecular flexibility index (Phi) is 3.13. The molecule has 0 atom stereocenters. The Morgan fingerprint density at radius 1 is 1.44 bits per heavy atom. The Morgan fingerprint density at radius 3 is 2.94 bits per heavy atom. The van der Waals surface area contributed by atoms with E-state index in [1.165, 1.54) is 17.7 Å². The Bertz CT molecular complexity index is 396. The minimum Gasteiger partial charge on any atom is -0.369 e. The van der Waals surface area contributed by atoms with Crippen LogP contribution in [0.4, 0.5) is 5.69 Å². The van der Waals surface area contributed by atoms with Crippen LogP contribution in [0.5, 0.6) is 0 Å². The summed E-state index contributed by atoms with van der Waals surface area (Å²) in [6.07, 6.45) is 4.09. The second-order valence-electron chi connectivity index (χ2n) is 4.56. The fourth-order valence-electron chi connectivity index (χ4n) is 2.35. The Labute approximate surface area is 96.9 Å². The second kappa shape index (κ2) is 4.56. The van der Waals surface area contributed by atoms with Gasteiger partial charge in [-0.05, 0) is 49.9 Å². The molecule has 0 aromatic heterocycles. The molecule has 3 heteroatoms. The molecule has 0 bridgehead atoms. The summed E-state index contributed by atoms with van der Waals surface area (Å²) in [6, 6.07) is 7.02. The number of hydrogen-bond acceptors (Lipinski definition) is 3. The van der Waals surface area contributed by atoms with E-state index in [2.05, 4.69) is 42.0 Å². The lowest BCUT2D eigenvalue weighted by Gasteiger charge is -2.34. The number of nitrogens with zero attached hydrogens (tertiary/aromatic N) is 2. The molecule has 1 aromatic carbocycles. The number of benzene rings is 1. The standard InChI is InChI=1S/C13H19N3/c1-10(2)16-7-3-4-12-8-11(9-15-14)5-6-13(12)16/h5-6,8-10H,3-4,7,14H2,1-2H3. The summed E-state index contributed by atoms with van der Waals surface area (Å²) in [5.41, 5.74) is 3.87. The predicted molar refractivity (Wildman–Crippen MR) is 69.0 cm³/mol. The van der Waals surface area contributed by atoms with Crippen molar-refractivity contribution in [2.24, 2.45) is 10.9 Å². The lowest BCUT2D eigenvalue weighted by Crippen LogP contribution is -2.35. The van der Waals surface area contributed by atoms with Crippen LogP contribution in [0.3, 0.4) is 0 Å². The molecule has 2 N–H and O–H groups in total. The van der Waals surface area contributed by atoms with Crippen molar-refractivity contribution in [1.29, 1.82) is 0 Å². The van der Waals surface area contributed by atoms with Crippen molar-refractivity contribution in [3.8, 4) is 0 Å². The van der Waals surface area contributed by atoms with E-state index in [9.17, 15) is 0 Å². The first kappa shape index (κ1) is 11.0. The van der Waals surface area contributed by atoms with Crippen LogP contribution in [0, 0.1) is 0 Å². The van der Waals surface area contributed by atoms with Crippen molar-refractivity contribution < 1.29 is 0 Å². The molecule has 1 aromatic rings. The normalized spacial score (nSPS) is 15.8. The van der Waals surface area contributed by atoms with Gasteiger partial charge in [0.1, 0.15) is 0 Å². The number of fused-ring (bicyclic) bond motifs is 1. The first-order valence-corrected chi connectivity index (χ1v) is 5.85. The summed E-state index contributed by atoms with van der Waals surface area (Å²) >= 11 is 0. The van der Waals surface area contributed by atoms with Crippen molar-refractivity contribution in [3.05, 3.63) is 29.3 Å². The average molecular weight is 217 g/mol. The molecule has 16 heavy (non-hydrogen) atoms. The maximum absolute atomic E-state index is 5.17. The number of nitrogens with two attached hydrogens (primary N) is 1. The van der Waals surface area contributed by atoms with E-state index in [0.29, 0.717) is 6.04 Å². The van der Waals surface area contributed by atoms with Gasteiger partial charge >= 0.3 is 0 Å². The predicted octanol–water partition coefficient (Wildman–Crippen LogP) is 2.14. The van der Waals surface area contributed by atoms with Crippen LogP contribution in [0.1, 0.15) is 31.4 Å². The van der Waals surface area contributed by atoms with Crippen molar-refractivity contribution >= 4 is 11.9 Å². The van der Waals surface area contributed by atoms with Crippen LogP contribution in [0.25, 0.3) is 0 Å². The maximum atomic E-state index is 5.17. The molecule has 3 nitrogen and oxygen atoms in total. The fraction of sp³-hybridized carbons (Fsp3) is 0.462. The SMILES string of the molecule is CC(C)N1CCCc2cc(C=NN)ccc21. The molecule has 0 fully saturated rings. The maximum Gasteiger partial charge on any atom is 0.0538 e. The third kappa shape index (κ3) is 2.03. The lowest BCUT2D eigenvalue weighted by atomic mass is 9.98. The molecule has 1 heterocycles. The summed E-state index contributed by atoms with van der Waals surface area (Å²) in [4.78, 5) is 2.46. The van der Waals surface area contributed by atoms with Gasteiger partial charge in [0.2, 0.25) is 0 Å². The van der Waals surface area contributed by atoms with Gasteiger partial charge in [-0.1, -0.05) is 6.07 Å². The Balaban J connectivity index is 2.36. The zero-order valence-electron chi connectivity index (χ0n) is 9.98. The van der Waals surface area contributed by atoms with Gasteiger partial charge in [-0.15, -0.1) is 0 Å².